The molecule has 34 heavy (non-hydrogen) atoms. The van der Waals surface area contributed by atoms with E-state index in [1.807, 2.05) is 0 Å². The van der Waals surface area contributed by atoms with Crippen molar-refractivity contribution in [2.75, 3.05) is 27.9 Å². The minimum Gasteiger partial charge on any atom is -0.493 e. The van der Waals surface area contributed by atoms with Crippen LogP contribution >= 0.6 is 0 Å². The maximum Gasteiger partial charge on any atom is 0.251 e. The Morgan fingerprint density at radius 3 is 2.26 bits per heavy atom. The molecule has 0 aliphatic rings. The summed E-state index contributed by atoms with van der Waals surface area (Å²) in [5.74, 6) is -0.161. The number of aryl methyl sites for hydroxylation is 1. The smallest absolute Gasteiger partial charge is 0.251 e. The van der Waals surface area contributed by atoms with Crippen LogP contribution in [0.15, 0.2) is 59.8 Å². The third-order valence-electron chi connectivity index (χ3n) is 5.26. The number of nitrogens with one attached hydrogen (secondary N) is 1. The van der Waals surface area contributed by atoms with Crippen LogP contribution in [0.3, 0.4) is 0 Å². The third kappa shape index (κ3) is 5.12. The number of methoxy groups -OCH3 is 3. The summed E-state index contributed by atoms with van der Waals surface area (Å²) >= 11 is 0. The first-order valence-corrected chi connectivity index (χ1v) is 11.8. The molecule has 0 saturated heterocycles. The first kappa shape index (κ1) is 25.0. The van der Waals surface area contributed by atoms with E-state index in [2.05, 4.69) is 10.3 Å². The van der Waals surface area contributed by atoms with E-state index in [4.69, 9.17) is 14.2 Å². The lowest BCUT2D eigenvalue weighted by Gasteiger charge is -2.20. The molecule has 8 nitrogen and oxygen atoms in total. The van der Waals surface area contributed by atoms with E-state index in [1.54, 1.807) is 12.1 Å². The molecule has 0 fully saturated rings. The van der Waals surface area contributed by atoms with Crippen LogP contribution in [0.4, 0.5) is 4.39 Å². The monoisotopic (exact) mass is 488 g/mol. The Labute approximate surface area is 197 Å². The molecule has 1 heterocycles. The molecule has 180 valence electrons. The molecule has 10 heteroatoms. The number of rotatable bonds is 9. The molecule has 0 saturated carbocycles. The van der Waals surface area contributed by atoms with Crippen molar-refractivity contribution in [3.05, 3.63) is 77.4 Å². The fourth-order valence-electron chi connectivity index (χ4n) is 3.43. The second-order valence-electron chi connectivity index (χ2n) is 7.36. The van der Waals surface area contributed by atoms with Gasteiger partial charge in [-0.3, -0.25) is 9.78 Å². The standard InChI is InChI=1S/C24H25FN2O6S/c1-15-10-18(7-8-19(15)25)34(29,30)22(16-6-5-9-26-13-16)14-27-24(28)17-11-20(31-2)23(33-4)21(12-17)32-3/h5-13,22H,14H2,1-4H3,(H,27,28). The third-order valence-corrected chi connectivity index (χ3v) is 7.36. The van der Waals surface area contributed by atoms with E-state index in [-0.39, 0.29) is 34.1 Å². The fraction of sp³-hybridized carbons (Fsp3) is 0.250. The van der Waals surface area contributed by atoms with Crippen molar-refractivity contribution in [2.45, 2.75) is 17.1 Å². The first-order valence-electron chi connectivity index (χ1n) is 10.2. The zero-order chi connectivity index (χ0) is 24.9. The molecule has 0 aliphatic carbocycles. The fourth-order valence-corrected chi connectivity index (χ4v) is 5.16. The van der Waals surface area contributed by atoms with Gasteiger partial charge in [-0.2, -0.15) is 0 Å². The molecule has 0 radical (unpaired) electrons. The van der Waals surface area contributed by atoms with E-state index < -0.39 is 26.8 Å². The van der Waals surface area contributed by atoms with Gasteiger partial charge in [-0.25, -0.2) is 12.8 Å². The number of nitrogens with zero attached hydrogens (tertiary/aromatic N) is 1. The highest BCUT2D eigenvalue weighted by Gasteiger charge is 2.30. The Morgan fingerprint density at radius 1 is 1.06 bits per heavy atom. The Balaban J connectivity index is 1.94. The molecule has 0 aliphatic heterocycles. The highest BCUT2D eigenvalue weighted by Crippen LogP contribution is 2.38. The quantitative estimate of drug-likeness (QED) is 0.460. The Hall–Kier alpha value is -3.66. The predicted molar refractivity (Wildman–Crippen MR) is 124 cm³/mol. The Morgan fingerprint density at radius 2 is 1.74 bits per heavy atom. The maximum atomic E-state index is 13.7. The normalized spacial score (nSPS) is 12.0. The van der Waals surface area contributed by atoms with Gasteiger partial charge in [0.2, 0.25) is 5.75 Å². The Kier molecular flexibility index (Phi) is 7.72. The lowest BCUT2D eigenvalue weighted by molar-refractivity contribution is 0.0953. The van der Waals surface area contributed by atoms with Crippen molar-refractivity contribution in [2.24, 2.45) is 0 Å². The molecule has 3 rings (SSSR count). The van der Waals surface area contributed by atoms with Crippen LogP contribution < -0.4 is 19.5 Å². The number of hydrogen-bond acceptors (Lipinski definition) is 7. The van der Waals surface area contributed by atoms with Crippen molar-refractivity contribution in [3.8, 4) is 17.2 Å². The number of amides is 1. The molecular formula is C24H25FN2O6S. The lowest BCUT2D eigenvalue weighted by atomic mass is 10.1. The summed E-state index contributed by atoms with van der Waals surface area (Å²) in [6.07, 6.45) is 2.94. The van der Waals surface area contributed by atoms with Crippen LogP contribution in [0, 0.1) is 12.7 Å². The van der Waals surface area contributed by atoms with Gasteiger partial charge in [0.1, 0.15) is 11.1 Å². The van der Waals surface area contributed by atoms with Gasteiger partial charge in [-0.15, -0.1) is 0 Å². The molecule has 0 spiro atoms. The second-order valence-corrected chi connectivity index (χ2v) is 9.49. The summed E-state index contributed by atoms with van der Waals surface area (Å²) in [7, 11) is 0.297. The minimum atomic E-state index is -4.00. The summed E-state index contributed by atoms with van der Waals surface area (Å²) < 4.78 is 56.5. The summed E-state index contributed by atoms with van der Waals surface area (Å²) in [5, 5.41) is 1.51. The highest BCUT2D eigenvalue weighted by molar-refractivity contribution is 7.91. The maximum absolute atomic E-state index is 13.7. The molecule has 1 atom stereocenters. The van der Waals surface area contributed by atoms with Gasteiger partial charge in [0.15, 0.2) is 21.3 Å². The molecule has 1 unspecified atom stereocenters. The van der Waals surface area contributed by atoms with Crippen molar-refractivity contribution >= 4 is 15.7 Å². The van der Waals surface area contributed by atoms with Gasteiger partial charge in [0, 0.05) is 24.5 Å². The van der Waals surface area contributed by atoms with Crippen LogP contribution in [0.1, 0.15) is 26.7 Å². The number of carbonyl (C=O) groups excluding carboxylic acids is 1. The number of halogens is 1. The predicted octanol–water partition coefficient (Wildman–Crippen LogP) is 3.50. The van der Waals surface area contributed by atoms with Gasteiger partial charge >= 0.3 is 0 Å². The van der Waals surface area contributed by atoms with E-state index >= 15 is 0 Å². The van der Waals surface area contributed by atoms with Crippen molar-refractivity contribution < 1.29 is 31.8 Å². The van der Waals surface area contributed by atoms with Crippen LogP contribution in [0.2, 0.25) is 0 Å². The van der Waals surface area contributed by atoms with Crippen molar-refractivity contribution in [3.63, 3.8) is 0 Å². The average molecular weight is 489 g/mol. The molecule has 1 N–H and O–H groups in total. The Bertz CT molecular complexity index is 1260. The highest BCUT2D eigenvalue weighted by atomic mass is 32.2. The number of benzene rings is 2. The van der Waals surface area contributed by atoms with Crippen LogP contribution in [-0.2, 0) is 9.84 Å². The zero-order valence-corrected chi connectivity index (χ0v) is 20.0. The van der Waals surface area contributed by atoms with E-state index in [9.17, 15) is 17.6 Å². The van der Waals surface area contributed by atoms with E-state index in [1.165, 1.54) is 64.9 Å². The molecule has 3 aromatic rings. The van der Waals surface area contributed by atoms with Gasteiger partial charge in [-0.1, -0.05) is 6.07 Å². The number of sulfone groups is 1. The lowest BCUT2D eigenvalue weighted by Crippen LogP contribution is -2.32. The number of pyridine rings is 1. The van der Waals surface area contributed by atoms with Crippen molar-refractivity contribution in [1.82, 2.24) is 10.3 Å². The topological polar surface area (TPSA) is 104 Å². The van der Waals surface area contributed by atoms with Gasteiger partial charge in [0.25, 0.3) is 5.91 Å². The largest absolute Gasteiger partial charge is 0.493 e. The second kappa shape index (κ2) is 10.5. The van der Waals surface area contributed by atoms with Gasteiger partial charge < -0.3 is 19.5 Å². The van der Waals surface area contributed by atoms with Gasteiger partial charge in [-0.05, 0) is 54.4 Å². The van der Waals surface area contributed by atoms with Gasteiger partial charge in [0.05, 0.1) is 26.2 Å². The molecule has 2 aromatic carbocycles. The van der Waals surface area contributed by atoms with Crippen LogP contribution in [-0.4, -0.2) is 47.2 Å². The van der Waals surface area contributed by atoms with E-state index in [0.29, 0.717) is 11.3 Å². The molecule has 1 amide bonds. The minimum absolute atomic E-state index is 0.0534. The van der Waals surface area contributed by atoms with Crippen LogP contribution in [0.25, 0.3) is 0 Å². The first-order chi connectivity index (χ1) is 16.2. The molecule has 1 aromatic heterocycles. The summed E-state index contributed by atoms with van der Waals surface area (Å²) in [5.41, 5.74) is 0.775. The SMILES string of the molecule is COc1cc(C(=O)NCC(c2cccnc2)S(=O)(=O)c2ccc(F)c(C)c2)cc(OC)c1OC. The number of carbonyl (C=O) groups is 1. The average Bonchev–Trinajstić information content (AvgIpc) is 2.85. The molecular weight excluding hydrogens is 463 g/mol. The summed E-state index contributed by atoms with van der Waals surface area (Å²) in [6, 6.07) is 9.74. The number of ether oxygens (including phenoxy) is 3. The number of hydrogen-bond donors (Lipinski definition) is 1. The van der Waals surface area contributed by atoms with Crippen molar-refractivity contribution in [1.29, 1.82) is 0 Å². The van der Waals surface area contributed by atoms with Crippen LogP contribution in [0.5, 0.6) is 17.2 Å². The molecule has 0 bridgehead atoms. The number of aromatic nitrogens is 1. The zero-order valence-electron chi connectivity index (χ0n) is 19.2. The van der Waals surface area contributed by atoms with E-state index in [0.717, 1.165) is 6.07 Å². The summed E-state index contributed by atoms with van der Waals surface area (Å²) in [4.78, 5) is 16.9. The summed E-state index contributed by atoms with van der Waals surface area (Å²) in [6.45, 7) is 1.24.